The molecule has 6 nitrogen and oxygen atoms in total. The Morgan fingerprint density at radius 3 is 2.83 bits per heavy atom. The van der Waals surface area contributed by atoms with Gasteiger partial charge in [0, 0.05) is 31.6 Å². The highest BCUT2D eigenvalue weighted by molar-refractivity contribution is 5.74. The van der Waals surface area contributed by atoms with Gasteiger partial charge in [0.15, 0.2) is 0 Å². The minimum absolute atomic E-state index is 0.0658. The summed E-state index contributed by atoms with van der Waals surface area (Å²) >= 11 is 0. The van der Waals surface area contributed by atoms with Gasteiger partial charge in [-0.1, -0.05) is 18.2 Å². The van der Waals surface area contributed by atoms with Gasteiger partial charge in [0.1, 0.15) is 17.4 Å². The van der Waals surface area contributed by atoms with E-state index in [2.05, 4.69) is 15.3 Å². The zero-order chi connectivity index (χ0) is 17.1. The third-order valence-electron chi connectivity index (χ3n) is 4.28. The summed E-state index contributed by atoms with van der Waals surface area (Å²) in [5, 5.41) is 3.33. The monoisotopic (exact) mass is 326 g/mol. The van der Waals surface area contributed by atoms with Crippen LogP contribution >= 0.6 is 0 Å². The van der Waals surface area contributed by atoms with Crippen LogP contribution in [0.2, 0.25) is 0 Å². The summed E-state index contributed by atoms with van der Waals surface area (Å²) in [7, 11) is 1.67. The SMILES string of the molecule is COc1ccccc1CNc1cc(C2CCN2C(C)=O)nc(C)n1. The maximum Gasteiger partial charge on any atom is 0.220 e. The molecule has 0 radical (unpaired) electrons. The number of carbonyl (C=O) groups is 1. The van der Waals surface area contributed by atoms with Crippen molar-refractivity contribution in [2.45, 2.75) is 32.9 Å². The van der Waals surface area contributed by atoms with Crippen molar-refractivity contribution in [3.8, 4) is 5.75 Å². The highest BCUT2D eigenvalue weighted by atomic mass is 16.5. The van der Waals surface area contributed by atoms with Crippen LogP contribution in [0, 0.1) is 6.92 Å². The number of likely N-dealkylation sites (tertiary alicyclic amines) is 1. The first-order valence-corrected chi connectivity index (χ1v) is 8.07. The van der Waals surface area contributed by atoms with Crippen molar-refractivity contribution in [3.63, 3.8) is 0 Å². The summed E-state index contributed by atoms with van der Waals surface area (Å²) in [6.07, 6.45) is 0.946. The summed E-state index contributed by atoms with van der Waals surface area (Å²) in [4.78, 5) is 22.4. The van der Waals surface area contributed by atoms with Crippen molar-refractivity contribution < 1.29 is 9.53 Å². The molecule has 3 rings (SSSR count). The second-order valence-corrected chi connectivity index (χ2v) is 5.91. The average Bonchev–Trinajstić information content (AvgIpc) is 2.51. The van der Waals surface area contributed by atoms with Gasteiger partial charge in [-0.05, 0) is 19.4 Å². The predicted octanol–water partition coefficient (Wildman–Crippen LogP) is 2.70. The molecule has 1 aliphatic heterocycles. The number of nitrogens with one attached hydrogen (secondary N) is 1. The van der Waals surface area contributed by atoms with Crippen molar-refractivity contribution >= 4 is 11.7 Å². The van der Waals surface area contributed by atoms with Gasteiger partial charge < -0.3 is 15.0 Å². The molecule has 6 heteroatoms. The highest BCUT2D eigenvalue weighted by Crippen LogP contribution is 2.33. The summed E-state index contributed by atoms with van der Waals surface area (Å²) in [6.45, 7) is 4.88. The molecule has 0 bridgehead atoms. The molecule has 2 heterocycles. The van der Waals surface area contributed by atoms with Gasteiger partial charge in [-0.15, -0.1) is 0 Å². The predicted molar refractivity (Wildman–Crippen MR) is 91.8 cm³/mol. The lowest BCUT2D eigenvalue weighted by Crippen LogP contribution is -2.44. The Kier molecular flexibility index (Phi) is 4.64. The number of para-hydroxylation sites is 1. The van der Waals surface area contributed by atoms with Gasteiger partial charge in [0.25, 0.3) is 0 Å². The number of ether oxygens (including phenoxy) is 1. The third-order valence-corrected chi connectivity index (χ3v) is 4.28. The van der Waals surface area contributed by atoms with Crippen molar-refractivity contribution in [2.24, 2.45) is 0 Å². The van der Waals surface area contributed by atoms with Crippen LogP contribution in [0.15, 0.2) is 30.3 Å². The number of hydrogen-bond acceptors (Lipinski definition) is 5. The fraction of sp³-hybridized carbons (Fsp3) is 0.389. The number of methoxy groups -OCH3 is 1. The van der Waals surface area contributed by atoms with Crippen LogP contribution in [-0.4, -0.2) is 34.4 Å². The molecule has 1 aromatic heterocycles. The molecular weight excluding hydrogens is 304 g/mol. The topological polar surface area (TPSA) is 67.3 Å². The molecule has 1 saturated heterocycles. The molecule has 0 spiro atoms. The third kappa shape index (κ3) is 3.32. The Hall–Kier alpha value is -2.63. The van der Waals surface area contributed by atoms with E-state index in [1.165, 1.54) is 0 Å². The minimum atomic E-state index is 0.0658. The van der Waals surface area contributed by atoms with Gasteiger partial charge in [0.2, 0.25) is 5.91 Å². The number of aromatic nitrogens is 2. The van der Waals surface area contributed by atoms with E-state index in [0.717, 1.165) is 35.8 Å². The lowest BCUT2D eigenvalue weighted by atomic mass is 9.99. The smallest absolute Gasteiger partial charge is 0.220 e. The Morgan fingerprint density at radius 2 is 2.17 bits per heavy atom. The van der Waals surface area contributed by atoms with E-state index >= 15 is 0 Å². The Morgan fingerprint density at radius 1 is 1.38 bits per heavy atom. The zero-order valence-corrected chi connectivity index (χ0v) is 14.2. The molecule has 2 aromatic rings. The van der Waals surface area contributed by atoms with E-state index in [9.17, 15) is 4.79 Å². The first-order valence-electron chi connectivity index (χ1n) is 8.07. The van der Waals surface area contributed by atoms with Crippen molar-refractivity contribution in [2.75, 3.05) is 19.0 Å². The molecule has 1 aromatic carbocycles. The first-order chi connectivity index (χ1) is 11.6. The average molecular weight is 326 g/mol. The minimum Gasteiger partial charge on any atom is -0.496 e. The standard InChI is InChI=1S/C18H22N4O2/c1-12-20-15(16-8-9-22(16)13(2)23)10-18(21-12)19-11-14-6-4-5-7-17(14)24-3/h4-7,10,16H,8-9,11H2,1-3H3,(H,19,20,21). The van der Waals surface area contributed by atoms with E-state index in [1.54, 1.807) is 14.0 Å². The number of anilines is 1. The maximum atomic E-state index is 11.6. The van der Waals surface area contributed by atoms with E-state index in [1.807, 2.05) is 42.2 Å². The molecule has 1 fully saturated rings. The quantitative estimate of drug-likeness (QED) is 0.915. The molecule has 24 heavy (non-hydrogen) atoms. The number of rotatable bonds is 5. The van der Waals surface area contributed by atoms with E-state index in [4.69, 9.17) is 4.74 Å². The lowest BCUT2D eigenvalue weighted by molar-refractivity contribution is -0.136. The highest BCUT2D eigenvalue weighted by Gasteiger charge is 2.32. The molecule has 0 aliphatic carbocycles. The summed E-state index contributed by atoms with van der Waals surface area (Å²) in [6, 6.07) is 9.88. The molecule has 1 amide bonds. The van der Waals surface area contributed by atoms with Gasteiger partial charge in [-0.3, -0.25) is 4.79 Å². The number of amides is 1. The number of hydrogen-bond donors (Lipinski definition) is 1. The van der Waals surface area contributed by atoms with Gasteiger partial charge >= 0.3 is 0 Å². The van der Waals surface area contributed by atoms with E-state index < -0.39 is 0 Å². The number of aryl methyl sites for hydroxylation is 1. The fourth-order valence-corrected chi connectivity index (χ4v) is 2.96. The second-order valence-electron chi connectivity index (χ2n) is 5.91. The first kappa shape index (κ1) is 16.2. The van der Waals surface area contributed by atoms with E-state index in [-0.39, 0.29) is 11.9 Å². The Bertz CT molecular complexity index is 748. The van der Waals surface area contributed by atoms with Gasteiger partial charge in [0.05, 0.1) is 18.8 Å². The molecule has 126 valence electrons. The summed E-state index contributed by atoms with van der Waals surface area (Å²) < 4.78 is 5.37. The van der Waals surface area contributed by atoms with Crippen LogP contribution in [0.4, 0.5) is 5.82 Å². The normalized spacial score (nSPS) is 16.5. The van der Waals surface area contributed by atoms with Gasteiger partial charge in [-0.25, -0.2) is 9.97 Å². The van der Waals surface area contributed by atoms with Crippen LogP contribution in [0.3, 0.4) is 0 Å². The molecule has 0 saturated carbocycles. The lowest BCUT2D eigenvalue weighted by Gasteiger charge is -2.40. The summed E-state index contributed by atoms with van der Waals surface area (Å²) in [5.74, 6) is 2.40. The number of carbonyl (C=O) groups excluding carboxylic acids is 1. The molecular formula is C18H22N4O2. The second kappa shape index (κ2) is 6.86. The molecule has 1 unspecified atom stereocenters. The molecule has 1 aliphatic rings. The number of benzene rings is 1. The van der Waals surface area contributed by atoms with Crippen LogP contribution in [-0.2, 0) is 11.3 Å². The maximum absolute atomic E-state index is 11.6. The van der Waals surface area contributed by atoms with Crippen LogP contribution in [0.5, 0.6) is 5.75 Å². The largest absolute Gasteiger partial charge is 0.496 e. The van der Waals surface area contributed by atoms with Gasteiger partial charge in [-0.2, -0.15) is 0 Å². The Balaban J connectivity index is 1.76. The Labute approximate surface area is 141 Å². The van der Waals surface area contributed by atoms with Crippen LogP contribution in [0.25, 0.3) is 0 Å². The van der Waals surface area contributed by atoms with Crippen molar-refractivity contribution in [3.05, 3.63) is 47.4 Å². The molecule has 1 N–H and O–H groups in total. The molecule has 1 atom stereocenters. The van der Waals surface area contributed by atoms with Crippen LogP contribution < -0.4 is 10.1 Å². The number of nitrogens with zero attached hydrogens (tertiary/aromatic N) is 3. The van der Waals surface area contributed by atoms with E-state index in [0.29, 0.717) is 12.4 Å². The van der Waals surface area contributed by atoms with Crippen molar-refractivity contribution in [1.29, 1.82) is 0 Å². The summed E-state index contributed by atoms with van der Waals surface area (Å²) in [5.41, 5.74) is 1.96. The fourth-order valence-electron chi connectivity index (χ4n) is 2.96. The van der Waals surface area contributed by atoms with Crippen LogP contribution in [0.1, 0.15) is 36.5 Å². The van der Waals surface area contributed by atoms with Crippen molar-refractivity contribution in [1.82, 2.24) is 14.9 Å². The zero-order valence-electron chi connectivity index (χ0n) is 14.2.